The van der Waals surface area contributed by atoms with Gasteiger partial charge in [0, 0.05) is 22.4 Å². The van der Waals surface area contributed by atoms with Crippen LogP contribution in [-0.2, 0) is 20.8 Å². The predicted octanol–water partition coefficient (Wildman–Crippen LogP) is 4.42. The van der Waals surface area contributed by atoms with Crippen LogP contribution in [0.4, 0.5) is 0 Å². The number of carboxylic acid groups (broad SMARTS) is 1. The van der Waals surface area contributed by atoms with Crippen molar-refractivity contribution in [2.75, 3.05) is 6.54 Å². The molecule has 0 bridgehead atoms. The SMILES string of the molecule is Cc1oc2cc3oc(=O)c(CC(=O)NCC(=O)NC(C(=O)O)c4ccccc4)c(C)c3cc2c1-c1ccccc1. The summed E-state index contributed by atoms with van der Waals surface area (Å²) in [5.74, 6) is -1.76. The molecular formula is C31H26N2O7. The second-order valence-electron chi connectivity index (χ2n) is 9.44. The molecule has 0 aliphatic rings. The average Bonchev–Trinajstić information content (AvgIpc) is 3.27. The van der Waals surface area contributed by atoms with Crippen molar-refractivity contribution in [1.82, 2.24) is 10.6 Å². The van der Waals surface area contributed by atoms with E-state index in [1.54, 1.807) is 43.3 Å². The number of benzene rings is 3. The normalized spacial score (nSPS) is 11.8. The Labute approximate surface area is 228 Å². The molecule has 0 radical (unpaired) electrons. The van der Waals surface area contributed by atoms with Crippen LogP contribution in [0, 0.1) is 13.8 Å². The van der Waals surface area contributed by atoms with Crippen molar-refractivity contribution in [1.29, 1.82) is 0 Å². The van der Waals surface area contributed by atoms with Crippen LogP contribution in [0.25, 0.3) is 33.1 Å². The molecule has 202 valence electrons. The van der Waals surface area contributed by atoms with Crippen molar-refractivity contribution < 1.29 is 28.3 Å². The summed E-state index contributed by atoms with van der Waals surface area (Å²) in [5, 5.41) is 15.9. The molecule has 5 rings (SSSR count). The third-order valence-electron chi connectivity index (χ3n) is 6.80. The summed E-state index contributed by atoms with van der Waals surface area (Å²) in [7, 11) is 0. The van der Waals surface area contributed by atoms with Crippen LogP contribution in [0.3, 0.4) is 0 Å². The lowest BCUT2D eigenvalue weighted by Crippen LogP contribution is -2.41. The third kappa shape index (κ3) is 5.22. The highest BCUT2D eigenvalue weighted by molar-refractivity contribution is 6.03. The minimum atomic E-state index is -1.26. The fraction of sp³-hybridized carbons (Fsp3) is 0.161. The number of aliphatic carboxylic acids is 1. The Bertz CT molecular complexity index is 1800. The maximum atomic E-state index is 12.8. The van der Waals surface area contributed by atoms with E-state index in [0.717, 1.165) is 22.3 Å². The van der Waals surface area contributed by atoms with Crippen molar-refractivity contribution in [2.24, 2.45) is 0 Å². The van der Waals surface area contributed by atoms with Gasteiger partial charge in [-0.15, -0.1) is 0 Å². The number of hydrogen-bond donors (Lipinski definition) is 3. The van der Waals surface area contributed by atoms with Crippen LogP contribution >= 0.6 is 0 Å². The standard InChI is InChI=1S/C31H26N2O7/c1-17-21-13-23-25(39-18(2)28(23)19-9-5-3-6-10-19)15-24(21)40-31(38)22(17)14-26(34)32-16-27(35)33-29(30(36)37)20-11-7-4-8-12-20/h3-13,15,29H,14,16H2,1-2H3,(H,32,34)(H,33,35)(H,36,37). The fourth-order valence-electron chi connectivity index (χ4n) is 4.82. The minimum Gasteiger partial charge on any atom is -0.479 e. The van der Waals surface area contributed by atoms with Gasteiger partial charge in [-0.1, -0.05) is 60.7 Å². The Kier molecular flexibility index (Phi) is 7.20. The Morgan fingerprint density at radius 3 is 2.17 bits per heavy atom. The molecule has 0 spiro atoms. The van der Waals surface area contributed by atoms with E-state index < -0.39 is 36.0 Å². The van der Waals surface area contributed by atoms with E-state index in [2.05, 4.69) is 10.6 Å². The maximum Gasteiger partial charge on any atom is 0.340 e. The van der Waals surface area contributed by atoms with E-state index >= 15 is 0 Å². The first kappa shape index (κ1) is 26.4. The second kappa shape index (κ2) is 10.9. The molecule has 2 aromatic heterocycles. The number of carbonyl (C=O) groups excluding carboxylic acids is 2. The van der Waals surface area contributed by atoms with Gasteiger partial charge in [-0.25, -0.2) is 9.59 Å². The van der Waals surface area contributed by atoms with E-state index in [0.29, 0.717) is 27.7 Å². The number of fused-ring (bicyclic) bond motifs is 2. The molecule has 3 aromatic carbocycles. The average molecular weight is 539 g/mol. The van der Waals surface area contributed by atoms with Crippen molar-refractivity contribution >= 4 is 39.7 Å². The van der Waals surface area contributed by atoms with Gasteiger partial charge in [0.2, 0.25) is 11.8 Å². The summed E-state index contributed by atoms with van der Waals surface area (Å²) < 4.78 is 11.5. The van der Waals surface area contributed by atoms with Crippen LogP contribution in [-0.4, -0.2) is 29.4 Å². The van der Waals surface area contributed by atoms with Crippen LogP contribution in [0.2, 0.25) is 0 Å². The Morgan fingerprint density at radius 1 is 0.850 bits per heavy atom. The summed E-state index contributed by atoms with van der Waals surface area (Å²) in [6.07, 6.45) is -0.313. The monoisotopic (exact) mass is 538 g/mol. The lowest BCUT2D eigenvalue weighted by Gasteiger charge is -2.15. The molecular weight excluding hydrogens is 512 g/mol. The summed E-state index contributed by atoms with van der Waals surface area (Å²) in [6.45, 7) is 3.16. The van der Waals surface area contributed by atoms with Crippen molar-refractivity contribution in [3.8, 4) is 11.1 Å². The summed E-state index contributed by atoms with van der Waals surface area (Å²) >= 11 is 0. The fourth-order valence-corrected chi connectivity index (χ4v) is 4.82. The molecule has 0 aliphatic heterocycles. The van der Waals surface area contributed by atoms with E-state index in [4.69, 9.17) is 8.83 Å². The van der Waals surface area contributed by atoms with Gasteiger partial charge in [0.05, 0.1) is 18.5 Å². The smallest absolute Gasteiger partial charge is 0.340 e. The molecule has 0 saturated carbocycles. The molecule has 2 amide bonds. The van der Waals surface area contributed by atoms with Gasteiger partial charge in [0.15, 0.2) is 6.04 Å². The molecule has 9 heteroatoms. The van der Waals surface area contributed by atoms with Crippen molar-refractivity contribution in [2.45, 2.75) is 26.3 Å². The highest BCUT2D eigenvalue weighted by atomic mass is 16.4. The molecule has 1 unspecified atom stereocenters. The number of furan rings is 1. The molecule has 3 N–H and O–H groups in total. The predicted molar refractivity (Wildman–Crippen MR) is 149 cm³/mol. The van der Waals surface area contributed by atoms with Gasteiger partial charge < -0.3 is 24.6 Å². The number of nitrogens with one attached hydrogen (secondary N) is 2. The van der Waals surface area contributed by atoms with Gasteiger partial charge in [0.25, 0.3) is 0 Å². The Morgan fingerprint density at radius 2 is 1.50 bits per heavy atom. The van der Waals surface area contributed by atoms with Gasteiger partial charge in [-0.05, 0) is 36.6 Å². The summed E-state index contributed by atoms with van der Waals surface area (Å²) in [5.41, 5.74) is 3.33. The number of hydrogen-bond acceptors (Lipinski definition) is 6. The molecule has 40 heavy (non-hydrogen) atoms. The lowest BCUT2D eigenvalue weighted by molar-refractivity contribution is -0.141. The highest BCUT2D eigenvalue weighted by Crippen LogP contribution is 2.37. The van der Waals surface area contributed by atoms with Crippen LogP contribution in [0.15, 0.2) is 86.4 Å². The number of carboxylic acids is 1. The molecule has 0 saturated heterocycles. The van der Waals surface area contributed by atoms with Crippen LogP contribution in [0.1, 0.15) is 28.5 Å². The number of rotatable bonds is 8. The van der Waals surface area contributed by atoms with E-state index in [9.17, 15) is 24.3 Å². The molecule has 1 atom stereocenters. The number of aryl methyl sites for hydroxylation is 2. The summed E-state index contributed by atoms with van der Waals surface area (Å²) in [4.78, 5) is 49.5. The first-order chi connectivity index (χ1) is 19.2. The largest absolute Gasteiger partial charge is 0.479 e. The van der Waals surface area contributed by atoms with E-state index in [-0.39, 0.29) is 12.0 Å². The third-order valence-corrected chi connectivity index (χ3v) is 6.80. The second-order valence-corrected chi connectivity index (χ2v) is 9.44. The highest BCUT2D eigenvalue weighted by Gasteiger charge is 2.23. The minimum absolute atomic E-state index is 0.166. The van der Waals surface area contributed by atoms with Gasteiger partial charge in [0.1, 0.15) is 16.9 Å². The zero-order valence-corrected chi connectivity index (χ0v) is 21.8. The quantitative estimate of drug-likeness (QED) is 0.249. The molecule has 0 fully saturated rings. The van der Waals surface area contributed by atoms with Crippen molar-refractivity contribution in [3.05, 3.63) is 106 Å². The van der Waals surface area contributed by atoms with Gasteiger partial charge >= 0.3 is 11.6 Å². The van der Waals surface area contributed by atoms with Crippen LogP contribution in [0.5, 0.6) is 0 Å². The maximum absolute atomic E-state index is 12.8. The van der Waals surface area contributed by atoms with E-state index in [1.165, 1.54) is 0 Å². The van der Waals surface area contributed by atoms with Crippen molar-refractivity contribution in [3.63, 3.8) is 0 Å². The molecule has 9 nitrogen and oxygen atoms in total. The number of amides is 2. The first-order valence-corrected chi connectivity index (χ1v) is 12.6. The Hall–Kier alpha value is -5.18. The lowest BCUT2D eigenvalue weighted by atomic mass is 9.98. The first-order valence-electron chi connectivity index (χ1n) is 12.6. The van der Waals surface area contributed by atoms with Gasteiger partial charge in [-0.2, -0.15) is 0 Å². The molecule has 0 aliphatic carbocycles. The number of carbonyl (C=O) groups is 3. The van der Waals surface area contributed by atoms with E-state index in [1.807, 2.05) is 43.3 Å². The van der Waals surface area contributed by atoms with Crippen LogP contribution < -0.4 is 16.3 Å². The zero-order chi connectivity index (χ0) is 28.4. The zero-order valence-electron chi connectivity index (χ0n) is 21.8. The topological polar surface area (TPSA) is 139 Å². The summed E-state index contributed by atoms with van der Waals surface area (Å²) in [6, 6.07) is 20.3. The molecule has 2 heterocycles. The Balaban J connectivity index is 1.36. The molecule has 5 aromatic rings. The van der Waals surface area contributed by atoms with Gasteiger partial charge in [-0.3, -0.25) is 9.59 Å².